The summed E-state index contributed by atoms with van der Waals surface area (Å²) in [6, 6.07) is 3.93. The van der Waals surface area contributed by atoms with Gasteiger partial charge in [-0.3, -0.25) is 4.79 Å². The molecule has 1 amide bonds. The third-order valence-corrected chi connectivity index (χ3v) is 4.48. The van der Waals surface area contributed by atoms with Gasteiger partial charge in [-0.2, -0.15) is 0 Å². The zero-order valence-electron chi connectivity index (χ0n) is 10.9. The summed E-state index contributed by atoms with van der Waals surface area (Å²) in [5.74, 6) is 1.03. The van der Waals surface area contributed by atoms with E-state index in [2.05, 4.69) is 5.32 Å². The predicted molar refractivity (Wildman–Crippen MR) is 73.4 cm³/mol. The Morgan fingerprint density at radius 2 is 2.11 bits per heavy atom. The van der Waals surface area contributed by atoms with Gasteiger partial charge in [-0.05, 0) is 61.9 Å². The highest BCUT2D eigenvalue weighted by molar-refractivity contribution is 6.29. The second kappa shape index (κ2) is 5.55. The molecule has 1 N–H and O–H groups in total. The van der Waals surface area contributed by atoms with Gasteiger partial charge in [0.2, 0.25) is 0 Å². The summed E-state index contributed by atoms with van der Waals surface area (Å²) in [6.07, 6.45) is 4.73. The second-order valence-corrected chi connectivity index (χ2v) is 5.81. The summed E-state index contributed by atoms with van der Waals surface area (Å²) in [7, 11) is 0. The Bertz CT molecular complexity index is 446. The van der Waals surface area contributed by atoms with Crippen molar-refractivity contribution in [2.75, 3.05) is 19.6 Å². The van der Waals surface area contributed by atoms with Crippen molar-refractivity contribution in [2.24, 2.45) is 5.92 Å². The number of rotatable bonds is 2. The molecule has 104 valence electrons. The van der Waals surface area contributed by atoms with Gasteiger partial charge in [0.25, 0.3) is 5.91 Å². The number of nitrogens with zero attached hydrogens (tertiary/aromatic N) is 1. The first-order chi connectivity index (χ1) is 9.24. The van der Waals surface area contributed by atoms with E-state index < -0.39 is 0 Å². The monoisotopic (exact) mass is 282 g/mol. The molecule has 0 spiro atoms. The molecule has 0 aromatic carbocycles. The van der Waals surface area contributed by atoms with Gasteiger partial charge in [0.15, 0.2) is 11.0 Å². The van der Waals surface area contributed by atoms with Gasteiger partial charge < -0.3 is 14.6 Å². The minimum Gasteiger partial charge on any atom is -0.440 e. The lowest BCUT2D eigenvalue weighted by Crippen LogP contribution is -2.43. The third kappa shape index (κ3) is 2.79. The van der Waals surface area contributed by atoms with Crippen LogP contribution in [-0.2, 0) is 0 Å². The SMILES string of the molecule is O=C(c1ccc(Cl)o1)N1CCC(C2CCCN2)CC1. The average Bonchev–Trinajstić information content (AvgIpc) is 3.09. The summed E-state index contributed by atoms with van der Waals surface area (Å²) in [5, 5.41) is 3.84. The minimum absolute atomic E-state index is 0.0373. The van der Waals surface area contributed by atoms with Crippen molar-refractivity contribution in [1.29, 1.82) is 0 Å². The van der Waals surface area contributed by atoms with Crippen molar-refractivity contribution < 1.29 is 9.21 Å². The molecule has 1 atom stereocenters. The first-order valence-corrected chi connectivity index (χ1v) is 7.40. The Morgan fingerprint density at radius 3 is 2.68 bits per heavy atom. The fourth-order valence-corrected chi connectivity index (χ4v) is 3.35. The van der Waals surface area contributed by atoms with Crippen LogP contribution >= 0.6 is 11.6 Å². The van der Waals surface area contributed by atoms with Crippen molar-refractivity contribution in [3.8, 4) is 0 Å². The van der Waals surface area contributed by atoms with Crippen molar-refractivity contribution in [3.05, 3.63) is 23.1 Å². The number of piperidine rings is 1. The first-order valence-electron chi connectivity index (χ1n) is 7.02. The van der Waals surface area contributed by atoms with Crippen LogP contribution in [0, 0.1) is 5.92 Å². The molecule has 1 aromatic heterocycles. The van der Waals surface area contributed by atoms with E-state index in [1.54, 1.807) is 12.1 Å². The van der Waals surface area contributed by atoms with Crippen LogP contribution in [0.4, 0.5) is 0 Å². The Labute approximate surface area is 118 Å². The zero-order chi connectivity index (χ0) is 13.2. The van der Waals surface area contributed by atoms with Crippen molar-refractivity contribution in [3.63, 3.8) is 0 Å². The Kier molecular flexibility index (Phi) is 3.80. The molecule has 0 radical (unpaired) electrons. The first kappa shape index (κ1) is 13.0. The van der Waals surface area contributed by atoms with Crippen LogP contribution in [0.15, 0.2) is 16.5 Å². The van der Waals surface area contributed by atoms with Gasteiger partial charge >= 0.3 is 0 Å². The van der Waals surface area contributed by atoms with Crippen LogP contribution in [0.3, 0.4) is 0 Å². The number of nitrogens with one attached hydrogen (secondary N) is 1. The van der Waals surface area contributed by atoms with Crippen LogP contribution in [-0.4, -0.2) is 36.5 Å². The van der Waals surface area contributed by atoms with Crippen molar-refractivity contribution >= 4 is 17.5 Å². The maximum atomic E-state index is 12.2. The van der Waals surface area contributed by atoms with Crippen molar-refractivity contribution in [2.45, 2.75) is 31.7 Å². The van der Waals surface area contributed by atoms with E-state index >= 15 is 0 Å². The highest BCUT2D eigenvalue weighted by Gasteiger charge is 2.30. The smallest absolute Gasteiger partial charge is 0.289 e. The molecule has 0 saturated carbocycles. The number of furan rings is 1. The fraction of sp³-hybridized carbons (Fsp3) is 0.643. The summed E-state index contributed by atoms with van der Waals surface area (Å²) in [6.45, 7) is 2.79. The normalized spacial score (nSPS) is 24.9. The number of hydrogen-bond acceptors (Lipinski definition) is 3. The van der Waals surface area contributed by atoms with E-state index in [0.717, 1.165) is 32.5 Å². The summed E-state index contributed by atoms with van der Waals surface area (Å²) in [5.41, 5.74) is 0. The quantitative estimate of drug-likeness (QED) is 0.907. The number of carbonyl (C=O) groups excluding carboxylic acids is 1. The number of likely N-dealkylation sites (tertiary alicyclic amines) is 1. The molecule has 0 bridgehead atoms. The van der Waals surface area contributed by atoms with Crippen LogP contribution in [0.1, 0.15) is 36.2 Å². The van der Waals surface area contributed by atoms with Gasteiger partial charge in [-0.1, -0.05) is 0 Å². The minimum atomic E-state index is -0.0373. The van der Waals surface area contributed by atoms with E-state index in [0.29, 0.717) is 17.7 Å². The third-order valence-electron chi connectivity index (χ3n) is 4.28. The molecular formula is C14H19ClN2O2. The van der Waals surface area contributed by atoms with E-state index in [1.807, 2.05) is 4.90 Å². The van der Waals surface area contributed by atoms with Gasteiger partial charge in [0.05, 0.1) is 0 Å². The van der Waals surface area contributed by atoms with Crippen LogP contribution in [0.2, 0.25) is 5.22 Å². The maximum Gasteiger partial charge on any atom is 0.289 e. The molecule has 0 aliphatic carbocycles. The molecule has 2 aliphatic heterocycles. The molecular weight excluding hydrogens is 264 g/mol. The van der Waals surface area contributed by atoms with E-state index in [-0.39, 0.29) is 11.1 Å². The predicted octanol–water partition coefficient (Wildman–Crippen LogP) is 2.54. The molecule has 2 fully saturated rings. The van der Waals surface area contributed by atoms with Gasteiger partial charge in [0.1, 0.15) is 0 Å². The van der Waals surface area contributed by atoms with Crippen molar-refractivity contribution in [1.82, 2.24) is 10.2 Å². The van der Waals surface area contributed by atoms with E-state index in [4.69, 9.17) is 16.0 Å². The topological polar surface area (TPSA) is 45.5 Å². The Morgan fingerprint density at radius 1 is 1.32 bits per heavy atom. The van der Waals surface area contributed by atoms with E-state index in [1.165, 1.54) is 12.8 Å². The summed E-state index contributed by atoms with van der Waals surface area (Å²) >= 11 is 5.71. The standard InChI is InChI=1S/C14H19ClN2O2/c15-13-4-3-12(19-13)14(18)17-8-5-10(6-9-17)11-2-1-7-16-11/h3-4,10-11,16H,1-2,5-9H2. The molecule has 1 aromatic rings. The average molecular weight is 283 g/mol. The fourth-order valence-electron chi connectivity index (χ4n) is 3.20. The molecule has 3 heterocycles. The summed E-state index contributed by atoms with van der Waals surface area (Å²) < 4.78 is 5.19. The van der Waals surface area contributed by atoms with E-state index in [9.17, 15) is 4.79 Å². The molecule has 5 heteroatoms. The highest BCUT2D eigenvalue weighted by Crippen LogP contribution is 2.26. The molecule has 2 aliphatic rings. The lowest BCUT2D eigenvalue weighted by Gasteiger charge is -2.34. The zero-order valence-corrected chi connectivity index (χ0v) is 11.7. The molecule has 4 nitrogen and oxygen atoms in total. The second-order valence-electron chi connectivity index (χ2n) is 5.44. The lowest BCUT2D eigenvalue weighted by atomic mass is 9.88. The lowest BCUT2D eigenvalue weighted by molar-refractivity contribution is 0.0643. The van der Waals surface area contributed by atoms with Gasteiger partial charge in [-0.15, -0.1) is 0 Å². The van der Waals surface area contributed by atoms with Gasteiger partial charge in [-0.25, -0.2) is 0 Å². The molecule has 2 saturated heterocycles. The number of hydrogen-bond donors (Lipinski definition) is 1. The molecule has 19 heavy (non-hydrogen) atoms. The van der Waals surface area contributed by atoms with Gasteiger partial charge in [0, 0.05) is 19.1 Å². The van der Waals surface area contributed by atoms with Crippen LogP contribution < -0.4 is 5.32 Å². The van der Waals surface area contributed by atoms with Crippen LogP contribution in [0.5, 0.6) is 0 Å². The highest BCUT2D eigenvalue weighted by atomic mass is 35.5. The Hall–Kier alpha value is -1.00. The number of halogens is 1. The number of carbonyl (C=O) groups is 1. The number of amides is 1. The van der Waals surface area contributed by atoms with Crippen LogP contribution in [0.25, 0.3) is 0 Å². The largest absolute Gasteiger partial charge is 0.440 e. The summed E-state index contributed by atoms with van der Waals surface area (Å²) in [4.78, 5) is 14.1. The molecule has 1 unspecified atom stereocenters. The Balaban J connectivity index is 1.56. The molecule has 3 rings (SSSR count). The maximum absolute atomic E-state index is 12.2.